The number of hydrogen-bond donors (Lipinski definition) is 2. The minimum atomic E-state index is -0.756. The van der Waals surface area contributed by atoms with Gasteiger partial charge in [0, 0.05) is 11.8 Å². The number of nitrogen functional groups attached to an aromatic ring is 1. The lowest BCUT2D eigenvalue weighted by Gasteiger charge is -2.13. The molecule has 0 atom stereocenters. The quantitative estimate of drug-likeness (QED) is 0.847. The van der Waals surface area contributed by atoms with Gasteiger partial charge in [-0.3, -0.25) is 4.79 Å². The van der Waals surface area contributed by atoms with Crippen molar-refractivity contribution in [3.8, 4) is 17.2 Å². The van der Waals surface area contributed by atoms with Gasteiger partial charge in [0.1, 0.15) is 0 Å². The topological polar surface area (TPSA) is 87.6 Å². The van der Waals surface area contributed by atoms with E-state index in [1.807, 2.05) is 6.92 Å². The van der Waals surface area contributed by atoms with E-state index < -0.39 is 11.7 Å². The van der Waals surface area contributed by atoms with Crippen LogP contribution in [0.1, 0.15) is 15.9 Å². The number of carbonyl (C=O) groups is 1. The first kappa shape index (κ1) is 14.6. The Morgan fingerprint density at radius 1 is 1.14 bits per heavy atom. The second-order valence-electron chi connectivity index (χ2n) is 4.49. The highest BCUT2D eigenvalue weighted by Crippen LogP contribution is 2.34. The number of carbonyl (C=O) groups excluding carboxylic acids is 1. The molecule has 21 heavy (non-hydrogen) atoms. The fraction of sp³-hybridized carbons (Fsp3) is 0.133. The maximum atomic E-state index is 13.9. The summed E-state index contributed by atoms with van der Waals surface area (Å²) in [6.07, 6.45) is 0. The summed E-state index contributed by atoms with van der Waals surface area (Å²) in [4.78, 5) is 11.2. The second kappa shape index (κ2) is 5.70. The molecular formula is C15H15FN2O3. The number of primary amides is 1. The molecule has 0 aliphatic rings. The molecule has 4 N–H and O–H groups in total. The SMILES string of the molecule is COc1cc(C)ccc1Oc1cc(C(N)=O)c(N)cc1F. The zero-order chi connectivity index (χ0) is 15.6. The van der Waals surface area contributed by atoms with Gasteiger partial charge in [-0.1, -0.05) is 6.07 Å². The van der Waals surface area contributed by atoms with Crippen LogP contribution in [0.25, 0.3) is 0 Å². The Balaban J connectivity index is 2.44. The zero-order valence-electron chi connectivity index (χ0n) is 11.6. The van der Waals surface area contributed by atoms with Crippen molar-refractivity contribution in [1.82, 2.24) is 0 Å². The fourth-order valence-corrected chi connectivity index (χ4v) is 1.84. The molecule has 0 saturated carbocycles. The average molecular weight is 290 g/mol. The van der Waals surface area contributed by atoms with Crippen molar-refractivity contribution in [2.45, 2.75) is 6.92 Å². The molecule has 2 aromatic rings. The van der Waals surface area contributed by atoms with E-state index in [1.54, 1.807) is 18.2 Å². The lowest BCUT2D eigenvalue weighted by molar-refractivity contribution is 0.100. The maximum Gasteiger partial charge on any atom is 0.250 e. The second-order valence-corrected chi connectivity index (χ2v) is 4.49. The summed E-state index contributed by atoms with van der Waals surface area (Å²) in [5.41, 5.74) is 11.6. The molecule has 0 heterocycles. The van der Waals surface area contributed by atoms with E-state index in [4.69, 9.17) is 20.9 Å². The van der Waals surface area contributed by atoms with E-state index in [1.165, 1.54) is 13.2 Å². The summed E-state index contributed by atoms with van der Waals surface area (Å²) in [5, 5.41) is 0. The Morgan fingerprint density at radius 2 is 1.86 bits per heavy atom. The number of aryl methyl sites for hydroxylation is 1. The summed E-state index contributed by atoms with van der Waals surface area (Å²) in [6, 6.07) is 7.36. The molecule has 0 fully saturated rings. The van der Waals surface area contributed by atoms with Crippen LogP contribution >= 0.6 is 0 Å². The van der Waals surface area contributed by atoms with Gasteiger partial charge in [-0.2, -0.15) is 0 Å². The number of methoxy groups -OCH3 is 1. The molecule has 0 spiro atoms. The predicted octanol–water partition coefficient (Wildman–Crippen LogP) is 2.62. The molecule has 0 radical (unpaired) electrons. The summed E-state index contributed by atoms with van der Waals surface area (Å²) in [6.45, 7) is 1.89. The Kier molecular flexibility index (Phi) is 3.98. The Bertz CT molecular complexity index is 702. The van der Waals surface area contributed by atoms with Crippen molar-refractivity contribution < 1.29 is 18.7 Å². The minimum absolute atomic E-state index is 0.00233. The van der Waals surface area contributed by atoms with Gasteiger partial charge in [0.25, 0.3) is 5.91 Å². The molecule has 110 valence electrons. The fourth-order valence-electron chi connectivity index (χ4n) is 1.84. The molecule has 2 rings (SSSR count). The number of rotatable bonds is 4. The molecule has 0 aliphatic carbocycles. The molecule has 0 aliphatic heterocycles. The number of amides is 1. The highest BCUT2D eigenvalue weighted by molar-refractivity contribution is 5.98. The Morgan fingerprint density at radius 3 is 2.48 bits per heavy atom. The van der Waals surface area contributed by atoms with Crippen LogP contribution in [0.3, 0.4) is 0 Å². The lowest BCUT2D eigenvalue weighted by Crippen LogP contribution is -2.14. The van der Waals surface area contributed by atoms with Crippen LogP contribution in [-0.2, 0) is 0 Å². The highest BCUT2D eigenvalue weighted by atomic mass is 19.1. The van der Waals surface area contributed by atoms with Gasteiger partial charge in [-0.05, 0) is 30.7 Å². The van der Waals surface area contributed by atoms with E-state index in [9.17, 15) is 9.18 Å². The lowest BCUT2D eigenvalue weighted by atomic mass is 10.1. The predicted molar refractivity (Wildman–Crippen MR) is 77.1 cm³/mol. The molecule has 2 aromatic carbocycles. The highest BCUT2D eigenvalue weighted by Gasteiger charge is 2.15. The Labute approximate surface area is 121 Å². The molecule has 5 nitrogen and oxygen atoms in total. The number of benzene rings is 2. The van der Waals surface area contributed by atoms with Crippen molar-refractivity contribution in [1.29, 1.82) is 0 Å². The molecule has 6 heteroatoms. The molecule has 1 amide bonds. The van der Waals surface area contributed by atoms with Crippen molar-refractivity contribution >= 4 is 11.6 Å². The number of halogens is 1. The van der Waals surface area contributed by atoms with Gasteiger partial charge >= 0.3 is 0 Å². The van der Waals surface area contributed by atoms with Crippen LogP contribution in [0.15, 0.2) is 30.3 Å². The summed E-state index contributed by atoms with van der Waals surface area (Å²) in [7, 11) is 1.48. The van der Waals surface area contributed by atoms with Crippen LogP contribution in [0.4, 0.5) is 10.1 Å². The van der Waals surface area contributed by atoms with Gasteiger partial charge in [-0.25, -0.2) is 4.39 Å². The third-order valence-electron chi connectivity index (χ3n) is 2.91. The normalized spacial score (nSPS) is 10.2. The van der Waals surface area contributed by atoms with Crippen LogP contribution in [0.5, 0.6) is 17.2 Å². The number of anilines is 1. The van der Waals surface area contributed by atoms with Crippen LogP contribution in [0, 0.1) is 12.7 Å². The molecule has 0 saturated heterocycles. The van der Waals surface area contributed by atoms with Crippen molar-refractivity contribution in [3.05, 3.63) is 47.3 Å². The van der Waals surface area contributed by atoms with Crippen LogP contribution in [0.2, 0.25) is 0 Å². The molecule has 0 aromatic heterocycles. The van der Waals surface area contributed by atoms with E-state index in [-0.39, 0.29) is 17.0 Å². The minimum Gasteiger partial charge on any atom is -0.493 e. The van der Waals surface area contributed by atoms with E-state index in [0.717, 1.165) is 11.6 Å². The van der Waals surface area contributed by atoms with Gasteiger partial charge in [0.15, 0.2) is 23.1 Å². The first-order chi connectivity index (χ1) is 9.92. The average Bonchev–Trinajstić information content (AvgIpc) is 2.42. The number of nitrogens with two attached hydrogens (primary N) is 2. The van der Waals surface area contributed by atoms with Crippen molar-refractivity contribution in [2.75, 3.05) is 12.8 Å². The first-order valence-electron chi connectivity index (χ1n) is 6.13. The summed E-state index contributed by atoms with van der Waals surface area (Å²) in [5.74, 6) is -0.831. The monoisotopic (exact) mass is 290 g/mol. The van der Waals surface area contributed by atoms with E-state index in [2.05, 4.69) is 0 Å². The van der Waals surface area contributed by atoms with Crippen LogP contribution < -0.4 is 20.9 Å². The van der Waals surface area contributed by atoms with Gasteiger partial charge in [-0.15, -0.1) is 0 Å². The smallest absolute Gasteiger partial charge is 0.250 e. The van der Waals surface area contributed by atoms with Gasteiger partial charge in [0.05, 0.1) is 12.7 Å². The van der Waals surface area contributed by atoms with Crippen molar-refractivity contribution in [2.24, 2.45) is 5.73 Å². The summed E-state index contributed by atoms with van der Waals surface area (Å²) >= 11 is 0. The third kappa shape index (κ3) is 3.05. The number of ether oxygens (including phenoxy) is 2. The number of hydrogen-bond acceptors (Lipinski definition) is 4. The van der Waals surface area contributed by atoms with Crippen LogP contribution in [-0.4, -0.2) is 13.0 Å². The van der Waals surface area contributed by atoms with E-state index >= 15 is 0 Å². The van der Waals surface area contributed by atoms with E-state index in [0.29, 0.717) is 11.5 Å². The Hall–Kier alpha value is -2.76. The molecular weight excluding hydrogens is 275 g/mol. The standard InChI is InChI=1S/C15H15FN2O3/c1-8-3-4-12(14(5-8)20-2)21-13-6-9(15(18)19)11(17)7-10(13)16/h3-7H,17H2,1-2H3,(H2,18,19). The van der Waals surface area contributed by atoms with Crippen molar-refractivity contribution in [3.63, 3.8) is 0 Å². The first-order valence-corrected chi connectivity index (χ1v) is 6.13. The molecule has 0 bridgehead atoms. The third-order valence-corrected chi connectivity index (χ3v) is 2.91. The van der Waals surface area contributed by atoms with Gasteiger partial charge < -0.3 is 20.9 Å². The molecule has 0 unspecified atom stereocenters. The zero-order valence-corrected chi connectivity index (χ0v) is 11.6. The largest absolute Gasteiger partial charge is 0.493 e. The maximum absolute atomic E-state index is 13.9. The summed E-state index contributed by atoms with van der Waals surface area (Å²) < 4.78 is 24.5. The van der Waals surface area contributed by atoms with Gasteiger partial charge in [0.2, 0.25) is 0 Å².